The molecular weight excluding hydrogens is 388 g/mol. The Morgan fingerprint density at radius 2 is 1.88 bits per heavy atom. The Morgan fingerprint density at radius 1 is 1.17 bits per heavy atom. The fourth-order valence-corrected chi connectivity index (χ4v) is 2.99. The highest BCUT2D eigenvalue weighted by Crippen LogP contribution is 2.17. The highest BCUT2D eigenvalue weighted by atomic mass is 79.9. The van der Waals surface area contributed by atoms with Crippen LogP contribution in [-0.4, -0.2) is 12.5 Å². The Balaban J connectivity index is 0.00000288. The molecule has 5 heteroatoms. The molecule has 2 aromatic rings. The van der Waals surface area contributed by atoms with Gasteiger partial charge >= 0.3 is 0 Å². The molecule has 0 fully saturated rings. The third kappa shape index (κ3) is 6.27. The molecule has 3 nitrogen and oxygen atoms in total. The second kappa shape index (κ2) is 10.5. The molecule has 0 bridgehead atoms. The van der Waals surface area contributed by atoms with Crippen LogP contribution in [0.1, 0.15) is 30.5 Å². The van der Waals surface area contributed by atoms with Crippen LogP contribution >= 0.6 is 28.3 Å². The van der Waals surface area contributed by atoms with Gasteiger partial charge in [-0.3, -0.25) is 4.79 Å². The second-order valence-electron chi connectivity index (χ2n) is 5.70. The maximum absolute atomic E-state index is 12.4. The van der Waals surface area contributed by atoms with Crippen LogP contribution < -0.4 is 11.1 Å². The highest BCUT2D eigenvalue weighted by Gasteiger charge is 2.18. The SMILES string of the molecule is CCC(Cc1cccc(Br)c1)C(=O)NCC(N)c1ccccc1.Cl. The van der Waals surface area contributed by atoms with Crippen molar-refractivity contribution in [2.45, 2.75) is 25.8 Å². The summed E-state index contributed by atoms with van der Waals surface area (Å²) in [4.78, 5) is 12.4. The van der Waals surface area contributed by atoms with Gasteiger partial charge in [0.2, 0.25) is 5.91 Å². The third-order valence-corrected chi connectivity index (χ3v) is 4.45. The van der Waals surface area contributed by atoms with Crippen molar-refractivity contribution in [2.75, 3.05) is 6.54 Å². The first-order chi connectivity index (χ1) is 11.1. The van der Waals surface area contributed by atoms with E-state index in [9.17, 15) is 4.79 Å². The van der Waals surface area contributed by atoms with Gasteiger partial charge in [-0.25, -0.2) is 0 Å². The topological polar surface area (TPSA) is 55.1 Å². The third-order valence-electron chi connectivity index (χ3n) is 3.96. The van der Waals surface area contributed by atoms with Crippen molar-refractivity contribution in [3.63, 3.8) is 0 Å². The number of carbonyl (C=O) groups is 1. The number of halogens is 2. The molecule has 0 spiro atoms. The summed E-state index contributed by atoms with van der Waals surface area (Å²) in [7, 11) is 0. The number of carbonyl (C=O) groups excluding carboxylic acids is 1. The fraction of sp³-hybridized carbons (Fsp3) is 0.316. The first kappa shape index (κ1) is 20.7. The van der Waals surface area contributed by atoms with Crippen LogP contribution in [0.25, 0.3) is 0 Å². The average Bonchev–Trinajstić information content (AvgIpc) is 2.58. The molecule has 2 unspecified atom stereocenters. The molecule has 0 aromatic heterocycles. The van der Waals surface area contributed by atoms with E-state index >= 15 is 0 Å². The number of amides is 1. The minimum atomic E-state index is -0.177. The minimum Gasteiger partial charge on any atom is -0.354 e. The van der Waals surface area contributed by atoms with E-state index in [1.807, 2.05) is 49.4 Å². The van der Waals surface area contributed by atoms with Crippen LogP contribution in [0.2, 0.25) is 0 Å². The summed E-state index contributed by atoms with van der Waals surface area (Å²) < 4.78 is 1.04. The maximum Gasteiger partial charge on any atom is 0.223 e. The number of benzene rings is 2. The lowest BCUT2D eigenvalue weighted by molar-refractivity contribution is -0.125. The van der Waals surface area contributed by atoms with Gasteiger partial charge in [0.1, 0.15) is 0 Å². The van der Waals surface area contributed by atoms with Gasteiger partial charge in [-0.1, -0.05) is 65.3 Å². The van der Waals surface area contributed by atoms with Crippen LogP contribution in [0, 0.1) is 5.92 Å². The van der Waals surface area contributed by atoms with Crippen LogP contribution in [-0.2, 0) is 11.2 Å². The first-order valence-electron chi connectivity index (χ1n) is 7.92. The largest absolute Gasteiger partial charge is 0.354 e. The monoisotopic (exact) mass is 410 g/mol. The van der Waals surface area contributed by atoms with Gasteiger partial charge < -0.3 is 11.1 Å². The number of nitrogens with one attached hydrogen (secondary N) is 1. The second-order valence-corrected chi connectivity index (χ2v) is 6.62. The summed E-state index contributed by atoms with van der Waals surface area (Å²) in [5.74, 6) is 0.0335. The van der Waals surface area contributed by atoms with Crippen LogP contribution in [0.3, 0.4) is 0 Å². The molecule has 2 rings (SSSR count). The normalized spacial score (nSPS) is 12.8. The van der Waals surface area contributed by atoms with Crippen molar-refractivity contribution in [1.29, 1.82) is 0 Å². The molecule has 0 aliphatic rings. The Bertz CT molecular complexity index is 636. The molecular formula is C19H24BrClN2O. The Hall–Kier alpha value is -1.36. The van der Waals surface area contributed by atoms with Gasteiger partial charge in [-0.15, -0.1) is 12.4 Å². The molecule has 1 amide bonds. The zero-order valence-electron chi connectivity index (χ0n) is 13.7. The highest BCUT2D eigenvalue weighted by molar-refractivity contribution is 9.10. The van der Waals surface area contributed by atoms with Crippen molar-refractivity contribution in [3.8, 4) is 0 Å². The van der Waals surface area contributed by atoms with E-state index in [4.69, 9.17) is 5.73 Å². The lowest BCUT2D eigenvalue weighted by atomic mass is 9.96. The zero-order valence-corrected chi connectivity index (χ0v) is 16.1. The smallest absolute Gasteiger partial charge is 0.223 e. The van der Waals surface area contributed by atoms with E-state index in [0.717, 1.165) is 28.4 Å². The van der Waals surface area contributed by atoms with Gasteiger partial charge in [0.25, 0.3) is 0 Å². The molecule has 0 saturated heterocycles. The van der Waals surface area contributed by atoms with Gasteiger partial charge in [0, 0.05) is 23.0 Å². The summed E-state index contributed by atoms with van der Waals surface area (Å²) in [5.41, 5.74) is 8.33. The van der Waals surface area contributed by atoms with Gasteiger partial charge in [0.05, 0.1) is 0 Å². The van der Waals surface area contributed by atoms with Crippen molar-refractivity contribution in [3.05, 3.63) is 70.2 Å². The van der Waals surface area contributed by atoms with Crippen LogP contribution in [0.5, 0.6) is 0 Å². The van der Waals surface area contributed by atoms with Crippen molar-refractivity contribution in [2.24, 2.45) is 11.7 Å². The van der Waals surface area contributed by atoms with Crippen molar-refractivity contribution < 1.29 is 4.79 Å². The number of hydrogen-bond donors (Lipinski definition) is 2. The number of hydrogen-bond acceptors (Lipinski definition) is 2. The number of nitrogens with two attached hydrogens (primary N) is 1. The van der Waals surface area contributed by atoms with E-state index < -0.39 is 0 Å². The van der Waals surface area contributed by atoms with Crippen LogP contribution in [0.15, 0.2) is 59.1 Å². The lowest BCUT2D eigenvalue weighted by Crippen LogP contribution is -2.36. The molecule has 0 aliphatic heterocycles. The molecule has 2 atom stereocenters. The van der Waals surface area contributed by atoms with Gasteiger partial charge in [-0.05, 0) is 36.1 Å². The molecule has 3 N–H and O–H groups in total. The minimum absolute atomic E-state index is 0. The summed E-state index contributed by atoms with van der Waals surface area (Å²) in [6.07, 6.45) is 1.54. The standard InChI is InChI=1S/C19H23BrN2O.ClH/c1-2-15(11-14-7-6-10-17(20)12-14)19(23)22-13-18(21)16-8-4-3-5-9-16;/h3-10,12,15,18H,2,11,13,21H2,1H3,(H,22,23);1H. The van der Waals surface area contributed by atoms with Crippen LogP contribution in [0.4, 0.5) is 0 Å². The Kier molecular flexibility index (Phi) is 9.04. The lowest BCUT2D eigenvalue weighted by Gasteiger charge is -2.18. The Labute approximate surface area is 158 Å². The molecule has 0 radical (unpaired) electrons. The summed E-state index contributed by atoms with van der Waals surface area (Å²) in [6.45, 7) is 2.50. The first-order valence-corrected chi connectivity index (χ1v) is 8.72. The quantitative estimate of drug-likeness (QED) is 0.715. The molecule has 0 saturated carbocycles. The summed E-state index contributed by atoms with van der Waals surface area (Å²) in [6, 6.07) is 17.8. The summed E-state index contributed by atoms with van der Waals surface area (Å²) in [5, 5.41) is 2.99. The fourth-order valence-electron chi connectivity index (χ4n) is 2.54. The van der Waals surface area contributed by atoms with E-state index in [1.165, 1.54) is 0 Å². The van der Waals surface area contributed by atoms with E-state index in [2.05, 4.69) is 33.4 Å². The van der Waals surface area contributed by atoms with E-state index in [0.29, 0.717) is 6.54 Å². The van der Waals surface area contributed by atoms with Crippen molar-refractivity contribution >= 4 is 34.2 Å². The molecule has 0 heterocycles. The van der Waals surface area contributed by atoms with Gasteiger partial charge in [-0.2, -0.15) is 0 Å². The molecule has 2 aromatic carbocycles. The number of rotatable bonds is 7. The van der Waals surface area contributed by atoms with E-state index in [-0.39, 0.29) is 30.3 Å². The van der Waals surface area contributed by atoms with Gasteiger partial charge in [0.15, 0.2) is 0 Å². The zero-order chi connectivity index (χ0) is 16.7. The van der Waals surface area contributed by atoms with Crippen molar-refractivity contribution in [1.82, 2.24) is 5.32 Å². The molecule has 130 valence electrons. The maximum atomic E-state index is 12.4. The Morgan fingerprint density at radius 3 is 2.50 bits per heavy atom. The molecule has 24 heavy (non-hydrogen) atoms. The molecule has 0 aliphatic carbocycles. The average molecular weight is 412 g/mol. The summed E-state index contributed by atoms with van der Waals surface area (Å²) >= 11 is 3.47. The predicted octanol–water partition coefficient (Wildman–Crippen LogP) is 4.26. The predicted molar refractivity (Wildman–Crippen MR) is 105 cm³/mol. The van der Waals surface area contributed by atoms with E-state index in [1.54, 1.807) is 0 Å².